The third-order valence-corrected chi connectivity index (χ3v) is 15.0. The van der Waals surface area contributed by atoms with Crippen molar-refractivity contribution in [2.45, 2.75) is 6.92 Å². The fourth-order valence-electron chi connectivity index (χ4n) is 6.00. The Bertz CT molecular complexity index is 2140. The standard InChI is InChI=1S/C40H32Cl2O6P2/c1-2-47-36(43)27-48-40-33(42)24-26-35(50(46,30-19-11-5-12-20-30)31-21-13-6-14-22-31)38(40)37-34(25-23-32(41)39(37)44)49(45,28-15-7-3-8-16-28)29-17-9-4-10-18-29/h3-26,44H,2,27H2,1H3. The molecule has 0 radical (unpaired) electrons. The Morgan fingerprint density at radius 2 is 0.960 bits per heavy atom. The average molecular weight is 742 g/mol. The Hall–Kier alpha value is -4.57. The van der Waals surface area contributed by atoms with Crippen molar-refractivity contribution in [3.05, 3.63) is 156 Å². The third kappa shape index (κ3) is 6.53. The molecule has 252 valence electrons. The first-order valence-electron chi connectivity index (χ1n) is 15.8. The Morgan fingerprint density at radius 1 is 0.580 bits per heavy atom. The van der Waals surface area contributed by atoms with Crippen LogP contribution < -0.4 is 36.6 Å². The highest BCUT2D eigenvalue weighted by molar-refractivity contribution is 7.86. The molecule has 0 spiro atoms. The van der Waals surface area contributed by atoms with E-state index in [0.717, 1.165) is 0 Å². The first kappa shape index (κ1) is 35.3. The molecule has 0 saturated carbocycles. The van der Waals surface area contributed by atoms with E-state index in [1.807, 2.05) is 24.3 Å². The van der Waals surface area contributed by atoms with E-state index in [1.165, 1.54) is 12.1 Å². The summed E-state index contributed by atoms with van der Waals surface area (Å²) in [5, 5.41) is 14.5. The monoisotopic (exact) mass is 740 g/mol. The molecule has 0 amide bonds. The number of hydrogen-bond acceptors (Lipinski definition) is 6. The SMILES string of the molecule is CCOC(=O)COc1c(Cl)ccc(P(=O)(c2ccccc2)c2ccccc2)c1-c1c(P(=O)(c2ccccc2)c2ccccc2)ccc(Cl)c1O. The van der Waals surface area contributed by atoms with Crippen molar-refractivity contribution >= 4 is 75.3 Å². The van der Waals surface area contributed by atoms with Gasteiger partial charge >= 0.3 is 5.97 Å². The lowest BCUT2D eigenvalue weighted by Gasteiger charge is -2.28. The summed E-state index contributed by atoms with van der Waals surface area (Å²) in [5.41, 5.74) is 0.0944. The lowest BCUT2D eigenvalue weighted by Crippen LogP contribution is -2.30. The number of rotatable bonds is 11. The van der Waals surface area contributed by atoms with Gasteiger partial charge in [0.05, 0.1) is 16.7 Å². The van der Waals surface area contributed by atoms with Crippen molar-refractivity contribution in [1.29, 1.82) is 0 Å². The molecule has 0 aliphatic rings. The fourth-order valence-corrected chi connectivity index (χ4v) is 12.1. The van der Waals surface area contributed by atoms with Crippen LogP contribution in [0.25, 0.3) is 11.1 Å². The van der Waals surface area contributed by atoms with Crippen LogP contribution in [0.1, 0.15) is 6.92 Å². The largest absolute Gasteiger partial charge is 0.506 e. The van der Waals surface area contributed by atoms with Crippen LogP contribution in [0.5, 0.6) is 11.5 Å². The topological polar surface area (TPSA) is 89.9 Å². The zero-order valence-corrected chi connectivity index (χ0v) is 30.2. The summed E-state index contributed by atoms with van der Waals surface area (Å²) in [5.74, 6) is -1.15. The van der Waals surface area contributed by atoms with Gasteiger partial charge in [-0.3, -0.25) is 0 Å². The molecule has 0 aromatic heterocycles. The molecule has 0 aliphatic heterocycles. The van der Waals surface area contributed by atoms with Crippen LogP contribution in [-0.2, 0) is 18.7 Å². The molecule has 0 atom stereocenters. The maximum absolute atomic E-state index is 16.0. The van der Waals surface area contributed by atoms with Crippen LogP contribution in [0, 0.1) is 0 Å². The van der Waals surface area contributed by atoms with Crippen molar-refractivity contribution in [1.82, 2.24) is 0 Å². The predicted molar refractivity (Wildman–Crippen MR) is 204 cm³/mol. The molecule has 6 aromatic carbocycles. The number of ether oxygens (including phenoxy) is 2. The molecular formula is C40H32Cl2O6P2. The molecule has 0 aliphatic carbocycles. The minimum atomic E-state index is -3.84. The molecule has 0 fully saturated rings. The molecule has 0 heterocycles. The first-order chi connectivity index (χ1) is 24.2. The molecule has 6 aromatic rings. The van der Waals surface area contributed by atoms with E-state index in [9.17, 15) is 9.90 Å². The van der Waals surface area contributed by atoms with Gasteiger partial charge in [0, 0.05) is 43.0 Å². The summed E-state index contributed by atoms with van der Waals surface area (Å²) in [7, 11) is -7.66. The maximum atomic E-state index is 16.0. The van der Waals surface area contributed by atoms with E-state index in [4.69, 9.17) is 32.7 Å². The zero-order chi connectivity index (χ0) is 35.3. The third-order valence-electron chi connectivity index (χ3n) is 8.24. The number of phenols is 1. The second kappa shape index (κ2) is 15.1. The van der Waals surface area contributed by atoms with Crippen LogP contribution in [0.4, 0.5) is 0 Å². The van der Waals surface area contributed by atoms with Crippen molar-refractivity contribution in [3.63, 3.8) is 0 Å². The zero-order valence-electron chi connectivity index (χ0n) is 26.9. The van der Waals surface area contributed by atoms with Gasteiger partial charge in [-0.15, -0.1) is 0 Å². The Morgan fingerprint density at radius 3 is 1.36 bits per heavy atom. The summed E-state index contributed by atoms with van der Waals surface area (Å²) >= 11 is 13.6. The van der Waals surface area contributed by atoms with Crippen molar-refractivity contribution in [3.8, 4) is 22.6 Å². The minimum absolute atomic E-state index is 0.0111. The second-order valence-electron chi connectivity index (χ2n) is 11.2. The van der Waals surface area contributed by atoms with E-state index in [0.29, 0.717) is 21.2 Å². The van der Waals surface area contributed by atoms with E-state index in [2.05, 4.69) is 0 Å². The first-order valence-corrected chi connectivity index (χ1v) is 19.9. The lowest BCUT2D eigenvalue weighted by atomic mass is 10.0. The molecular weight excluding hydrogens is 709 g/mol. The predicted octanol–water partition coefficient (Wildman–Crippen LogP) is 7.59. The van der Waals surface area contributed by atoms with Crippen molar-refractivity contribution in [2.24, 2.45) is 0 Å². The van der Waals surface area contributed by atoms with Gasteiger partial charge in [-0.25, -0.2) is 4.79 Å². The van der Waals surface area contributed by atoms with Gasteiger partial charge in [0.15, 0.2) is 20.9 Å². The Kier molecular flexibility index (Phi) is 10.7. The molecule has 0 saturated heterocycles. The Labute approximate surface area is 301 Å². The highest BCUT2D eigenvalue weighted by atomic mass is 35.5. The average Bonchev–Trinajstić information content (AvgIpc) is 3.16. The van der Waals surface area contributed by atoms with Crippen LogP contribution in [-0.4, -0.2) is 24.3 Å². The molecule has 0 bridgehead atoms. The van der Waals surface area contributed by atoms with Gasteiger partial charge in [0.25, 0.3) is 0 Å². The summed E-state index contributed by atoms with van der Waals surface area (Å²) in [6, 6.07) is 42.0. The molecule has 50 heavy (non-hydrogen) atoms. The van der Waals surface area contributed by atoms with Gasteiger partial charge in [0.1, 0.15) is 11.5 Å². The number of carbonyl (C=O) groups excluding carboxylic acids is 1. The number of aromatic hydroxyl groups is 1. The molecule has 6 nitrogen and oxygen atoms in total. The number of hydrogen-bond donors (Lipinski definition) is 1. The summed E-state index contributed by atoms with van der Waals surface area (Å²) in [6.45, 7) is 1.25. The smallest absolute Gasteiger partial charge is 0.344 e. The lowest BCUT2D eigenvalue weighted by molar-refractivity contribution is -0.145. The van der Waals surface area contributed by atoms with Gasteiger partial charge in [-0.2, -0.15) is 0 Å². The summed E-state index contributed by atoms with van der Waals surface area (Å²) in [4.78, 5) is 12.7. The fraction of sp³-hybridized carbons (Fsp3) is 0.0750. The van der Waals surface area contributed by atoms with Crippen LogP contribution in [0.2, 0.25) is 10.0 Å². The molecule has 1 N–H and O–H groups in total. The summed E-state index contributed by atoms with van der Waals surface area (Å²) in [6.07, 6.45) is 0. The quantitative estimate of drug-likeness (QED) is 0.109. The van der Waals surface area contributed by atoms with Gasteiger partial charge in [-0.1, -0.05) is 145 Å². The van der Waals surface area contributed by atoms with Crippen molar-refractivity contribution < 1.29 is 28.5 Å². The second-order valence-corrected chi connectivity index (χ2v) is 17.5. The van der Waals surface area contributed by atoms with Gasteiger partial charge in [-0.05, 0) is 31.2 Å². The number of halogens is 2. The molecule has 0 unspecified atom stereocenters. The van der Waals surface area contributed by atoms with E-state index in [1.54, 1.807) is 116 Å². The highest BCUT2D eigenvalue weighted by Gasteiger charge is 2.40. The van der Waals surface area contributed by atoms with Crippen LogP contribution >= 0.6 is 37.5 Å². The highest BCUT2D eigenvalue weighted by Crippen LogP contribution is 2.54. The van der Waals surface area contributed by atoms with E-state index >= 15 is 9.13 Å². The van der Waals surface area contributed by atoms with Gasteiger partial charge in [0.2, 0.25) is 0 Å². The van der Waals surface area contributed by atoms with Crippen LogP contribution in [0.3, 0.4) is 0 Å². The molecule has 10 heteroatoms. The number of benzene rings is 6. The van der Waals surface area contributed by atoms with E-state index < -0.39 is 32.6 Å². The number of esters is 1. The van der Waals surface area contributed by atoms with Gasteiger partial charge < -0.3 is 23.7 Å². The number of phenolic OH excluding ortho intramolecular Hbond substituents is 1. The normalized spacial score (nSPS) is 11.6. The minimum Gasteiger partial charge on any atom is -0.506 e. The van der Waals surface area contributed by atoms with Crippen LogP contribution in [0.15, 0.2) is 146 Å². The maximum Gasteiger partial charge on any atom is 0.344 e. The number of carbonyl (C=O) groups is 1. The summed E-state index contributed by atoms with van der Waals surface area (Å²) < 4.78 is 43.3. The van der Waals surface area contributed by atoms with Crippen molar-refractivity contribution in [2.75, 3.05) is 13.2 Å². The van der Waals surface area contributed by atoms with E-state index in [-0.39, 0.29) is 44.1 Å². The molecule has 6 rings (SSSR count). The Balaban J connectivity index is 1.79.